The second-order valence-corrected chi connectivity index (χ2v) is 6.03. The van der Waals surface area contributed by atoms with Crippen LogP contribution in [0.2, 0.25) is 0 Å². The lowest BCUT2D eigenvalue weighted by atomic mass is 10.1. The molecule has 1 aromatic heterocycles. The van der Waals surface area contributed by atoms with E-state index in [2.05, 4.69) is 4.90 Å². The molecule has 1 saturated heterocycles. The summed E-state index contributed by atoms with van der Waals surface area (Å²) in [6.45, 7) is 4.05. The Morgan fingerprint density at radius 1 is 1.10 bits per heavy atom. The average Bonchev–Trinajstić information content (AvgIpc) is 3.07. The van der Waals surface area contributed by atoms with Crippen molar-refractivity contribution >= 4 is 17.0 Å². The molecular formula is C15H19N3OS. The molecule has 0 spiro atoms. The Labute approximate surface area is 122 Å². The molecular weight excluding hydrogens is 270 g/mol. The first-order valence-corrected chi connectivity index (χ1v) is 7.88. The highest BCUT2D eigenvalue weighted by atomic mass is 32.1. The van der Waals surface area contributed by atoms with Crippen molar-refractivity contribution in [3.8, 4) is 11.3 Å². The molecule has 4 nitrogen and oxygen atoms in total. The van der Waals surface area contributed by atoms with Crippen LogP contribution in [0.5, 0.6) is 0 Å². The van der Waals surface area contributed by atoms with Gasteiger partial charge in [0.1, 0.15) is 0 Å². The maximum Gasteiger partial charge on any atom is 0.307 e. The van der Waals surface area contributed by atoms with Crippen LogP contribution in [0.25, 0.3) is 11.3 Å². The molecule has 0 unspecified atom stereocenters. The average molecular weight is 289 g/mol. The fourth-order valence-corrected chi connectivity index (χ4v) is 3.46. The van der Waals surface area contributed by atoms with Crippen LogP contribution in [-0.4, -0.2) is 29.1 Å². The van der Waals surface area contributed by atoms with Crippen molar-refractivity contribution < 1.29 is 0 Å². The Morgan fingerprint density at radius 3 is 2.50 bits per heavy atom. The van der Waals surface area contributed by atoms with Gasteiger partial charge in [0.25, 0.3) is 0 Å². The van der Waals surface area contributed by atoms with Gasteiger partial charge in [0.2, 0.25) is 0 Å². The molecule has 0 saturated carbocycles. The first-order chi connectivity index (χ1) is 9.74. The number of benzene rings is 1. The second kappa shape index (κ2) is 5.81. The molecule has 1 fully saturated rings. The minimum Gasteiger partial charge on any atom is -0.399 e. The van der Waals surface area contributed by atoms with Gasteiger partial charge in [-0.1, -0.05) is 23.5 Å². The highest BCUT2D eigenvalue weighted by molar-refractivity contribution is 7.07. The van der Waals surface area contributed by atoms with Crippen LogP contribution in [0.3, 0.4) is 0 Å². The normalized spacial score (nSPS) is 15.8. The van der Waals surface area contributed by atoms with Gasteiger partial charge >= 0.3 is 4.87 Å². The van der Waals surface area contributed by atoms with Gasteiger partial charge in [-0.2, -0.15) is 0 Å². The van der Waals surface area contributed by atoms with Crippen LogP contribution < -0.4 is 10.6 Å². The smallest absolute Gasteiger partial charge is 0.307 e. The zero-order valence-corrected chi connectivity index (χ0v) is 12.2. The van der Waals surface area contributed by atoms with Crippen molar-refractivity contribution in [3.05, 3.63) is 39.3 Å². The van der Waals surface area contributed by atoms with Crippen LogP contribution >= 0.6 is 11.3 Å². The van der Waals surface area contributed by atoms with E-state index in [0.29, 0.717) is 0 Å². The lowest BCUT2D eigenvalue weighted by Crippen LogP contribution is -2.27. The predicted octanol–water partition coefficient (Wildman–Crippen LogP) is 2.25. The lowest BCUT2D eigenvalue weighted by Gasteiger charge is -2.15. The summed E-state index contributed by atoms with van der Waals surface area (Å²) in [5.74, 6) is 0. The fourth-order valence-electron chi connectivity index (χ4n) is 2.67. The number of thiazole rings is 1. The molecule has 1 aliphatic heterocycles. The fraction of sp³-hybridized carbons (Fsp3) is 0.400. The van der Waals surface area contributed by atoms with E-state index in [9.17, 15) is 4.79 Å². The molecule has 2 N–H and O–H groups in total. The highest BCUT2D eigenvalue weighted by Gasteiger charge is 2.14. The third-order valence-corrected chi connectivity index (χ3v) is 4.59. The maximum atomic E-state index is 12.0. The van der Waals surface area contributed by atoms with Crippen molar-refractivity contribution in [1.82, 2.24) is 9.47 Å². The molecule has 0 radical (unpaired) electrons. The summed E-state index contributed by atoms with van der Waals surface area (Å²) in [6.07, 6.45) is 2.56. The monoisotopic (exact) mass is 289 g/mol. The van der Waals surface area contributed by atoms with Gasteiger partial charge in [0, 0.05) is 24.2 Å². The molecule has 5 heteroatoms. The van der Waals surface area contributed by atoms with Crippen molar-refractivity contribution in [3.63, 3.8) is 0 Å². The Bertz CT molecular complexity index is 623. The molecule has 0 aliphatic carbocycles. The number of nitrogens with two attached hydrogens (primary N) is 1. The van der Waals surface area contributed by atoms with Crippen molar-refractivity contribution in [2.24, 2.45) is 0 Å². The van der Waals surface area contributed by atoms with Gasteiger partial charge < -0.3 is 10.6 Å². The summed E-state index contributed by atoms with van der Waals surface area (Å²) >= 11 is 1.27. The van der Waals surface area contributed by atoms with E-state index >= 15 is 0 Å². The number of nitrogens with zero attached hydrogens (tertiary/aromatic N) is 2. The van der Waals surface area contributed by atoms with Gasteiger partial charge in [-0.3, -0.25) is 9.36 Å². The Balaban J connectivity index is 1.81. The van der Waals surface area contributed by atoms with E-state index in [-0.39, 0.29) is 4.87 Å². The molecule has 1 aliphatic rings. The molecule has 0 atom stereocenters. The summed E-state index contributed by atoms with van der Waals surface area (Å²) in [7, 11) is 0. The van der Waals surface area contributed by atoms with E-state index < -0.39 is 0 Å². The van der Waals surface area contributed by atoms with Gasteiger partial charge in [-0.05, 0) is 43.6 Å². The first kappa shape index (κ1) is 13.4. The van der Waals surface area contributed by atoms with Crippen LogP contribution in [0.4, 0.5) is 5.69 Å². The van der Waals surface area contributed by atoms with Gasteiger partial charge in [0.15, 0.2) is 0 Å². The van der Waals surface area contributed by atoms with E-state index in [4.69, 9.17) is 5.73 Å². The summed E-state index contributed by atoms with van der Waals surface area (Å²) in [4.78, 5) is 14.6. The molecule has 1 aromatic carbocycles. The Kier molecular flexibility index (Phi) is 3.89. The zero-order chi connectivity index (χ0) is 13.9. The van der Waals surface area contributed by atoms with Gasteiger partial charge in [-0.15, -0.1) is 0 Å². The van der Waals surface area contributed by atoms with Gasteiger partial charge in [0.05, 0.1) is 5.69 Å². The van der Waals surface area contributed by atoms with Gasteiger partial charge in [-0.25, -0.2) is 0 Å². The molecule has 0 bridgehead atoms. The molecule has 2 aromatic rings. The number of nitrogen functional groups attached to an aromatic ring is 1. The van der Waals surface area contributed by atoms with E-state index in [1.807, 2.05) is 34.2 Å². The Morgan fingerprint density at radius 2 is 1.80 bits per heavy atom. The van der Waals surface area contributed by atoms with Crippen molar-refractivity contribution in [2.75, 3.05) is 25.4 Å². The number of likely N-dealkylation sites (tertiary alicyclic amines) is 1. The standard InChI is InChI=1S/C15H19N3OS/c16-13-5-3-12(4-6-13)14-11-20-15(19)18(14)10-9-17-7-1-2-8-17/h3-6,11H,1-2,7-10,16H2. The molecule has 106 valence electrons. The van der Waals surface area contributed by atoms with E-state index in [0.717, 1.165) is 43.1 Å². The maximum absolute atomic E-state index is 12.0. The molecule has 2 heterocycles. The predicted molar refractivity (Wildman–Crippen MR) is 84.1 cm³/mol. The molecule has 0 amide bonds. The number of aromatic nitrogens is 1. The van der Waals surface area contributed by atoms with Crippen molar-refractivity contribution in [2.45, 2.75) is 19.4 Å². The van der Waals surface area contributed by atoms with Crippen LogP contribution in [0, 0.1) is 0 Å². The number of hydrogen-bond donors (Lipinski definition) is 1. The van der Waals surface area contributed by atoms with E-state index in [1.54, 1.807) is 0 Å². The summed E-state index contributed by atoms with van der Waals surface area (Å²) in [5, 5.41) is 1.94. The second-order valence-electron chi connectivity index (χ2n) is 5.21. The summed E-state index contributed by atoms with van der Waals surface area (Å²) in [5.41, 5.74) is 8.52. The first-order valence-electron chi connectivity index (χ1n) is 7.00. The largest absolute Gasteiger partial charge is 0.399 e. The minimum atomic E-state index is 0.121. The zero-order valence-electron chi connectivity index (χ0n) is 11.4. The number of rotatable bonds is 4. The third-order valence-electron chi connectivity index (χ3n) is 3.83. The topological polar surface area (TPSA) is 51.3 Å². The van der Waals surface area contributed by atoms with Crippen molar-refractivity contribution in [1.29, 1.82) is 0 Å². The summed E-state index contributed by atoms with van der Waals surface area (Å²) < 4.78 is 1.88. The van der Waals surface area contributed by atoms with Crippen LogP contribution in [-0.2, 0) is 6.54 Å². The lowest BCUT2D eigenvalue weighted by molar-refractivity contribution is 0.322. The number of anilines is 1. The number of hydrogen-bond acceptors (Lipinski definition) is 4. The Hall–Kier alpha value is -1.59. The third kappa shape index (κ3) is 2.78. The van der Waals surface area contributed by atoms with Crippen LogP contribution in [0.15, 0.2) is 34.4 Å². The SMILES string of the molecule is Nc1ccc(-c2csc(=O)n2CCN2CCCC2)cc1. The molecule has 3 rings (SSSR count). The summed E-state index contributed by atoms with van der Waals surface area (Å²) in [6, 6.07) is 7.71. The quantitative estimate of drug-likeness (QED) is 0.878. The molecule has 20 heavy (non-hydrogen) atoms. The highest BCUT2D eigenvalue weighted by Crippen LogP contribution is 2.21. The van der Waals surface area contributed by atoms with Crippen LogP contribution in [0.1, 0.15) is 12.8 Å². The minimum absolute atomic E-state index is 0.121. The van der Waals surface area contributed by atoms with E-state index in [1.165, 1.54) is 24.2 Å².